The third-order valence-electron chi connectivity index (χ3n) is 2.90. The molecule has 0 atom stereocenters. The van der Waals surface area contributed by atoms with E-state index >= 15 is 0 Å². The smallest absolute Gasteiger partial charge is 0.258 e. The normalized spacial score (nSPS) is 9.64. The Morgan fingerprint density at radius 2 is 2.05 bits per heavy atom. The van der Waals surface area contributed by atoms with E-state index in [1.165, 1.54) is 12.5 Å². The van der Waals surface area contributed by atoms with Gasteiger partial charge in [-0.25, -0.2) is 4.98 Å². The van der Waals surface area contributed by atoms with Crippen LogP contribution in [0.25, 0.3) is 0 Å². The van der Waals surface area contributed by atoms with Crippen molar-refractivity contribution in [2.45, 2.75) is 0 Å². The summed E-state index contributed by atoms with van der Waals surface area (Å²) in [6, 6.07) is 14.5. The molecule has 0 aliphatic rings. The third kappa shape index (κ3) is 3.41. The van der Waals surface area contributed by atoms with Crippen molar-refractivity contribution in [1.82, 2.24) is 4.98 Å². The molecule has 4 nitrogen and oxygen atoms in total. The Labute approximate surface area is 127 Å². The summed E-state index contributed by atoms with van der Waals surface area (Å²) in [6.45, 7) is 0. The first-order valence-corrected chi connectivity index (χ1v) is 6.68. The van der Waals surface area contributed by atoms with Crippen molar-refractivity contribution in [2.75, 3.05) is 5.32 Å². The van der Waals surface area contributed by atoms with Gasteiger partial charge in [-0.1, -0.05) is 18.1 Å². The fourth-order valence-corrected chi connectivity index (χ4v) is 1.84. The van der Waals surface area contributed by atoms with E-state index in [2.05, 4.69) is 22.1 Å². The van der Waals surface area contributed by atoms with Gasteiger partial charge in [-0.2, -0.15) is 0 Å². The van der Waals surface area contributed by atoms with E-state index < -0.39 is 0 Å². The number of hydrogen-bond acceptors (Lipinski definition) is 3. The number of benzene rings is 1. The van der Waals surface area contributed by atoms with Crippen LogP contribution in [-0.2, 0) is 0 Å². The number of carbonyl (C=O) groups excluding carboxylic acids is 1. The average Bonchev–Trinajstić information content (AvgIpc) is 3.09. The van der Waals surface area contributed by atoms with Crippen LogP contribution in [0.4, 0.5) is 5.69 Å². The second kappa shape index (κ2) is 6.42. The lowest BCUT2D eigenvalue weighted by Gasteiger charge is -2.03. The van der Waals surface area contributed by atoms with Crippen LogP contribution in [0.15, 0.2) is 71.7 Å². The van der Waals surface area contributed by atoms with Gasteiger partial charge in [0, 0.05) is 17.4 Å². The van der Waals surface area contributed by atoms with Gasteiger partial charge in [0.25, 0.3) is 5.91 Å². The lowest BCUT2D eigenvalue weighted by molar-refractivity contribution is 0.102. The van der Waals surface area contributed by atoms with Gasteiger partial charge >= 0.3 is 0 Å². The van der Waals surface area contributed by atoms with Crippen molar-refractivity contribution in [1.29, 1.82) is 0 Å². The molecule has 22 heavy (non-hydrogen) atoms. The highest BCUT2D eigenvalue weighted by Crippen LogP contribution is 2.12. The molecule has 0 aliphatic heterocycles. The highest BCUT2D eigenvalue weighted by atomic mass is 16.3. The number of rotatable bonds is 2. The number of hydrogen-bond donors (Lipinski definition) is 1. The molecule has 0 saturated heterocycles. The molecule has 0 aliphatic carbocycles. The number of pyridine rings is 1. The van der Waals surface area contributed by atoms with Gasteiger partial charge in [0.15, 0.2) is 0 Å². The minimum absolute atomic E-state index is 0.219. The molecule has 1 N–H and O–H groups in total. The summed E-state index contributed by atoms with van der Waals surface area (Å²) < 4.78 is 4.89. The van der Waals surface area contributed by atoms with E-state index in [9.17, 15) is 4.79 Å². The molecular formula is C18H12N2O2. The van der Waals surface area contributed by atoms with E-state index in [1.54, 1.807) is 12.3 Å². The maximum atomic E-state index is 11.9. The molecule has 2 aromatic heterocycles. The van der Waals surface area contributed by atoms with Crippen LogP contribution in [-0.4, -0.2) is 10.9 Å². The second-order valence-corrected chi connectivity index (χ2v) is 4.51. The van der Waals surface area contributed by atoms with Crippen molar-refractivity contribution < 1.29 is 9.21 Å². The molecule has 1 aromatic carbocycles. The van der Waals surface area contributed by atoms with E-state index in [1.807, 2.05) is 42.5 Å². The number of furan rings is 1. The SMILES string of the molecule is O=C(Nc1cccc(C#Cc2ccccn2)c1)c1ccoc1. The first-order chi connectivity index (χ1) is 10.8. The third-order valence-corrected chi connectivity index (χ3v) is 2.90. The summed E-state index contributed by atoms with van der Waals surface area (Å²) in [5, 5.41) is 2.80. The molecule has 3 rings (SSSR count). The maximum absolute atomic E-state index is 11.9. The topological polar surface area (TPSA) is 55.1 Å². The highest BCUT2D eigenvalue weighted by Gasteiger charge is 2.06. The Kier molecular flexibility index (Phi) is 3.98. The number of carbonyl (C=O) groups is 1. The molecule has 0 radical (unpaired) electrons. The minimum atomic E-state index is -0.219. The van der Waals surface area contributed by atoms with Gasteiger partial charge in [-0.05, 0) is 42.3 Å². The Hall–Kier alpha value is -3.32. The molecule has 0 spiro atoms. The molecule has 106 valence electrons. The zero-order valence-corrected chi connectivity index (χ0v) is 11.6. The molecule has 2 heterocycles. The number of nitrogens with one attached hydrogen (secondary N) is 1. The number of anilines is 1. The van der Waals surface area contributed by atoms with E-state index in [0.717, 1.165) is 5.56 Å². The average molecular weight is 288 g/mol. The lowest BCUT2D eigenvalue weighted by Crippen LogP contribution is -2.10. The fourth-order valence-electron chi connectivity index (χ4n) is 1.84. The molecule has 0 unspecified atom stereocenters. The van der Waals surface area contributed by atoms with Gasteiger partial charge in [-0.15, -0.1) is 0 Å². The number of amides is 1. The second-order valence-electron chi connectivity index (χ2n) is 4.51. The molecular weight excluding hydrogens is 276 g/mol. The maximum Gasteiger partial charge on any atom is 0.258 e. The minimum Gasteiger partial charge on any atom is -0.472 e. The fraction of sp³-hybridized carbons (Fsp3) is 0. The van der Waals surface area contributed by atoms with Gasteiger partial charge in [0.1, 0.15) is 12.0 Å². The van der Waals surface area contributed by atoms with Gasteiger partial charge in [0.05, 0.1) is 11.8 Å². The molecule has 3 aromatic rings. The van der Waals surface area contributed by atoms with Gasteiger partial charge in [0.2, 0.25) is 0 Å². The van der Waals surface area contributed by atoms with E-state index in [-0.39, 0.29) is 5.91 Å². The molecule has 1 amide bonds. The van der Waals surface area contributed by atoms with Crippen LogP contribution < -0.4 is 5.32 Å². The van der Waals surface area contributed by atoms with Crippen molar-refractivity contribution in [2.24, 2.45) is 0 Å². The van der Waals surface area contributed by atoms with Gasteiger partial charge in [-0.3, -0.25) is 4.79 Å². The predicted molar refractivity (Wildman–Crippen MR) is 83.3 cm³/mol. The van der Waals surface area contributed by atoms with Crippen molar-refractivity contribution in [3.05, 3.63) is 84.1 Å². The zero-order chi connectivity index (χ0) is 15.2. The Balaban J connectivity index is 1.76. The monoisotopic (exact) mass is 288 g/mol. The molecule has 0 fully saturated rings. The molecule has 0 bridgehead atoms. The summed E-state index contributed by atoms with van der Waals surface area (Å²) >= 11 is 0. The predicted octanol–water partition coefficient (Wildman–Crippen LogP) is 3.33. The Bertz CT molecular complexity index is 828. The largest absolute Gasteiger partial charge is 0.472 e. The summed E-state index contributed by atoms with van der Waals surface area (Å²) in [6.07, 6.45) is 4.56. The summed E-state index contributed by atoms with van der Waals surface area (Å²) in [5.41, 5.74) is 2.66. The Morgan fingerprint density at radius 3 is 2.82 bits per heavy atom. The van der Waals surface area contributed by atoms with Crippen LogP contribution in [0, 0.1) is 11.8 Å². The summed E-state index contributed by atoms with van der Waals surface area (Å²) in [7, 11) is 0. The molecule has 4 heteroatoms. The zero-order valence-electron chi connectivity index (χ0n) is 11.6. The van der Waals surface area contributed by atoms with Crippen LogP contribution in [0.3, 0.4) is 0 Å². The van der Waals surface area contributed by atoms with Crippen LogP contribution in [0.2, 0.25) is 0 Å². The van der Waals surface area contributed by atoms with E-state index in [0.29, 0.717) is 16.9 Å². The summed E-state index contributed by atoms with van der Waals surface area (Å²) in [5.74, 6) is 5.79. The van der Waals surface area contributed by atoms with Crippen molar-refractivity contribution in [3.8, 4) is 11.8 Å². The lowest BCUT2D eigenvalue weighted by atomic mass is 10.2. The first kappa shape index (κ1) is 13.7. The number of aromatic nitrogens is 1. The van der Waals surface area contributed by atoms with Crippen LogP contribution in [0.5, 0.6) is 0 Å². The first-order valence-electron chi connectivity index (χ1n) is 6.68. The quantitative estimate of drug-likeness (QED) is 0.736. The number of nitrogens with zero attached hydrogens (tertiary/aromatic N) is 1. The van der Waals surface area contributed by atoms with Crippen LogP contribution >= 0.6 is 0 Å². The van der Waals surface area contributed by atoms with E-state index in [4.69, 9.17) is 4.42 Å². The Morgan fingerprint density at radius 1 is 1.09 bits per heavy atom. The van der Waals surface area contributed by atoms with Gasteiger partial charge < -0.3 is 9.73 Å². The highest BCUT2D eigenvalue weighted by molar-refractivity contribution is 6.04. The summed E-state index contributed by atoms with van der Waals surface area (Å²) in [4.78, 5) is 16.1. The van der Waals surface area contributed by atoms with Crippen molar-refractivity contribution >= 4 is 11.6 Å². The molecule has 0 saturated carbocycles. The van der Waals surface area contributed by atoms with Crippen molar-refractivity contribution in [3.63, 3.8) is 0 Å². The van der Waals surface area contributed by atoms with Crippen LogP contribution in [0.1, 0.15) is 21.6 Å². The standard InChI is InChI=1S/C18H12N2O2/c21-18(15-9-11-22-13-15)20-17-6-3-4-14(12-17)7-8-16-5-1-2-10-19-16/h1-6,9-13H,(H,20,21).